The van der Waals surface area contributed by atoms with E-state index in [2.05, 4.69) is 15.0 Å². The number of nitrogens with zero attached hydrogens (tertiary/aromatic N) is 1. The molecular formula is C22H22F2N2O4S. The van der Waals surface area contributed by atoms with Crippen LogP contribution >= 0.6 is 11.3 Å². The van der Waals surface area contributed by atoms with Gasteiger partial charge in [0.05, 0.1) is 17.8 Å². The maximum Gasteiger partial charge on any atom is 0.387 e. The quantitative estimate of drug-likeness (QED) is 0.490. The third-order valence-electron chi connectivity index (χ3n) is 4.29. The average Bonchev–Trinajstić information content (AvgIpc) is 3.18. The lowest BCUT2D eigenvalue weighted by Gasteiger charge is -2.12. The Morgan fingerprint density at radius 1 is 1.19 bits per heavy atom. The molecule has 1 heterocycles. The third kappa shape index (κ3) is 6.65. The highest BCUT2D eigenvalue weighted by atomic mass is 32.1. The Morgan fingerprint density at radius 2 is 2.03 bits per heavy atom. The molecule has 3 rings (SSSR count). The van der Waals surface area contributed by atoms with Crippen LogP contribution in [0.2, 0.25) is 0 Å². The van der Waals surface area contributed by atoms with Gasteiger partial charge in [0, 0.05) is 17.5 Å². The van der Waals surface area contributed by atoms with Crippen LogP contribution in [0.4, 0.5) is 8.78 Å². The molecule has 0 atom stereocenters. The maximum absolute atomic E-state index is 12.5. The van der Waals surface area contributed by atoms with Crippen molar-refractivity contribution in [2.24, 2.45) is 0 Å². The third-order valence-corrected chi connectivity index (χ3v) is 5.12. The molecule has 31 heavy (non-hydrogen) atoms. The highest BCUT2D eigenvalue weighted by molar-refractivity contribution is 7.09. The second-order valence-corrected chi connectivity index (χ2v) is 7.61. The Balaban J connectivity index is 1.52. The normalized spacial score (nSPS) is 10.7. The number of amides is 1. The van der Waals surface area contributed by atoms with Crippen LogP contribution < -0.4 is 19.5 Å². The SMILES string of the molecule is COc1cc(CCNC(=O)c2cccc(OCc3csc(C)n3)c2)ccc1OC(F)F. The van der Waals surface area contributed by atoms with Crippen molar-refractivity contribution in [2.45, 2.75) is 26.6 Å². The number of carbonyl (C=O) groups excluding carboxylic acids is 1. The first-order valence-electron chi connectivity index (χ1n) is 9.48. The first kappa shape index (κ1) is 22.5. The van der Waals surface area contributed by atoms with Crippen LogP contribution in [0.25, 0.3) is 0 Å². The molecule has 0 aliphatic heterocycles. The minimum absolute atomic E-state index is 0.0325. The van der Waals surface area contributed by atoms with Gasteiger partial charge >= 0.3 is 6.61 Å². The molecule has 0 saturated carbocycles. The summed E-state index contributed by atoms with van der Waals surface area (Å²) in [6.07, 6.45) is 0.496. The van der Waals surface area contributed by atoms with Crippen LogP contribution in [0.1, 0.15) is 26.6 Å². The highest BCUT2D eigenvalue weighted by Crippen LogP contribution is 2.29. The van der Waals surface area contributed by atoms with Gasteiger partial charge in [-0.05, 0) is 49.2 Å². The van der Waals surface area contributed by atoms with Gasteiger partial charge in [0.25, 0.3) is 5.91 Å². The zero-order chi connectivity index (χ0) is 22.2. The number of aryl methyl sites for hydroxylation is 1. The molecule has 0 fully saturated rings. The van der Waals surface area contributed by atoms with E-state index in [1.807, 2.05) is 12.3 Å². The molecule has 0 aliphatic rings. The van der Waals surface area contributed by atoms with Gasteiger partial charge < -0.3 is 19.5 Å². The molecule has 0 saturated heterocycles. The molecule has 1 N–H and O–H groups in total. The van der Waals surface area contributed by atoms with Crippen molar-refractivity contribution < 1.29 is 27.8 Å². The van der Waals surface area contributed by atoms with E-state index >= 15 is 0 Å². The van der Waals surface area contributed by atoms with E-state index in [9.17, 15) is 13.6 Å². The number of hydrogen-bond acceptors (Lipinski definition) is 6. The van der Waals surface area contributed by atoms with E-state index in [1.165, 1.54) is 13.2 Å². The molecule has 6 nitrogen and oxygen atoms in total. The second-order valence-electron chi connectivity index (χ2n) is 6.54. The fraction of sp³-hybridized carbons (Fsp3) is 0.273. The van der Waals surface area contributed by atoms with Crippen LogP contribution in [-0.2, 0) is 13.0 Å². The van der Waals surface area contributed by atoms with Gasteiger partial charge in [0.15, 0.2) is 11.5 Å². The number of carbonyl (C=O) groups is 1. The average molecular weight is 448 g/mol. The topological polar surface area (TPSA) is 69.7 Å². The van der Waals surface area contributed by atoms with Gasteiger partial charge in [-0.15, -0.1) is 11.3 Å². The standard InChI is InChI=1S/C22H22F2N2O4S/c1-14-26-17(13-31-14)12-29-18-5-3-4-16(11-18)21(27)25-9-8-15-6-7-19(30-22(23)24)20(10-15)28-2/h3-7,10-11,13,22H,8-9,12H2,1-2H3,(H,25,27). The number of thiazole rings is 1. The number of halogens is 2. The Bertz CT molecular complexity index is 1030. The minimum Gasteiger partial charge on any atom is -0.493 e. The van der Waals surface area contributed by atoms with Gasteiger partial charge in [0.2, 0.25) is 0 Å². The van der Waals surface area contributed by atoms with Crippen LogP contribution in [-0.4, -0.2) is 31.2 Å². The summed E-state index contributed by atoms with van der Waals surface area (Å²) in [4.78, 5) is 16.8. The van der Waals surface area contributed by atoms with E-state index in [0.29, 0.717) is 30.9 Å². The molecule has 0 aliphatic carbocycles. The van der Waals surface area contributed by atoms with Gasteiger partial charge in [-0.2, -0.15) is 8.78 Å². The lowest BCUT2D eigenvalue weighted by molar-refractivity contribution is -0.0512. The van der Waals surface area contributed by atoms with Crippen molar-refractivity contribution in [1.29, 1.82) is 0 Å². The summed E-state index contributed by atoms with van der Waals surface area (Å²) in [5, 5.41) is 5.75. The molecule has 1 amide bonds. The van der Waals surface area contributed by atoms with Crippen molar-refractivity contribution in [3.63, 3.8) is 0 Å². The number of nitrogens with one attached hydrogen (secondary N) is 1. The molecule has 0 unspecified atom stereocenters. The van der Waals surface area contributed by atoms with Crippen molar-refractivity contribution >= 4 is 17.2 Å². The fourth-order valence-corrected chi connectivity index (χ4v) is 3.44. The number of benzene rings is 2. The zero-order valence-electron chi connectivity index (χ0n) is 17.1. The Morgan fingerprint density at radius 3 is 2.74 bits per heavy atom. The number of hydrogen-bond donors (Lipinski definition) is 1. The molecule has 1 aromatic heterocycles. The van der Waals surface area contributed by atoms with Crippen molar-refractivity contribution in [3.05, 3.63) is 69.7 Å². The van der Waals surface area contributed by atoms with Crippen LogP contribution in [0.5, 0.6) is 17.2 Å². The van der Waals surface area contributed by atoms with Crippen LogP contribution in [0, 0.1) is 6.92 Å². The maximum atomic E-state index is 12.5. The predicted molar refractivity (Wildman–Crippen MR) is 113 cm³/mol. The predicted octanol–water partition coefficient (Wildman–Crippen LogP) is 4.61. The first-order valence-corrected chi connectivity index (χ1v) is 10.4. The number of alkyl halides is 2. The summed E-state index contributed by atoms with van der Waals surface area (Å²) in [7, 11) is 1.38. The van der Waals surface area contributed by atoms with E-state index < -0.39 is 6.61 Å². The molecule has 2 aromatic carbocycles. The molecule has 3 aromatic rings. The second kappa shape index (κ2) is 10.7. The van der Waals surface area contributed by atoms with Gasteiger partial charge in [-0.1, -0.05) is 12.1 Å². The monoisotopic (exact) mass is 448 g/mol. The van der Waals surface area contributed by atoms with Crippen molar-refractivity contribution in [1.82, 2.24) is 10.3 Å². The summed E-state index contributed by atoms with van der Waals surface area (Å²) >= 11 is 1.56. The highest BCUT2D eigenvalue weighted by Gasteiger charge is 2.12. The Labute approximate surface area is 182 Å². The largest absolute Gasteiger partial charge is 0.493 e. The number of rotatable bonds is 10. The Kier molecular flexibility index (Phi) is 7.77. The Hall–Kier alpha value is -3.20. The smallest absolute Gasteiger partial charge is 0.387 e. The van der Waals surface area contributed by atoms with E-state index in [-0.39, 0.29) is 17.4 Å². The first-order chi connectivity index (χ1) is 14.9. The van der Waals surface area contributed by atoms with E-state index in [1.54, 1.807) is 47.7 Å². The summed E-state index contributed by atoms with van der Waals surface area (Å²) in [6.45, 7) is -0.298. The molecular weight excluding hydrogens is 426 g/mol. The fourth-order valence-electron chi connectivity index (χ4n) is 2.84. The number of aromatic nitrogens is 1. The zero-order valence-corrected chi connectivity index (χ0v) is 17.9. The van der Waals surface area contributed by atoms with E-state index in [0.717, 1.165) is 16.3 Å². The van der Waals surface area contributed by atoms with Gasteiger partial charge in [-0.25, -0.2) is 4.98 Å². The summed E-state index contributed by atoms with van der Waals surface area (Å²) in [6, 6.07) is 11.6. The molecule has 9 heteroatoms. The lowest BCUT2D eigenvalue weighted by atomic mass is 10.1. The lowest BCUT2D eigenvalue weighted by Crippen LogP contribution is -2.25. The molecule has 0 radical (unpaired) electrons. The van der Waals surface area contributed by atoms with Crippen molar-refractivity contribution in [3.8, 4) is 17.2 Å². The van der Waals surface area contributed by atoms with Gasteiger partial charge in [-0.3, -0.25) is 4.79 Å². The molecule has 0 bridgehead atoms. The molecule has 0 spiro atoms. The minimum atomic E-state index is -2.93. The summed E-state index contributed by atoms with van der Waals surface area (Å²) in [5.41, 5.74) is 2.14. The van der Waals surface area contributed by atoms with Crippen LogP contribution in [0.3, 0.4) is 0 Å². The number of methoxy groups -OCH3 is 1. The van der Waals surface area contributed by atoms with Crippen molar-refractivity contribution in [2.75, 3.05) is 13.7 Å². The van der Waals surface area contributed by atoms with Crippen LogP contribution in [0.15, 0.2) is 47.8 Å². The van der Waals surface area contributed by atoms with E-state index in [4.69, 9.17) is 9.47 Å². The number of ether oxygens (including phenoxy) is 3. The van der Waals surface area contributed by atoms with Gasteiger partial charge in [0.1, 0.15) is 12.4 Å². The summed E-state index contributed by atoms with van der Waals surface area (Å²) < 4.78 is 40.1. The summed E-state index contributed by atoms with van der Waals surface area (Å²) in [5.74, 6) is 0.524. The molecule has 164 valence electrons.